The average molecular weight is 782 g/mol. The molecule has 0 amide bonds. The van der Waals surface area contributed by atoms with Crippen LogP contribution in [0.3, 0.4) is 0 Å². The predicted octanol–water partition coefficient (Wildman–Crippen LogP) is 8.53. The molecule has 0 radical (unpaired) electrons. The van der Waals surface area contributed by atoms with Gasteiger partial charge in [-0.3, -0.25) is 9.59 Å². The number of aryl methyl sites for hydroxylation is 3. The van der Waals surface area contributed by atoms with Crippen molar-refractivity contribution in [1.29, 1.82) is 21.0 Å². The number of carbonyl (C=O) groups is 2. The van der Waals surface area contributed by atoms with Crippen molar-refractivity contribution >= 4 is 109 Å². The van der Waals surface area contributed by atoms with Crippen LogP contribution in [-0.2, 0) is 21.1 Å². The van der Waals surface area contributed by atoms with Crippen LogP contribution in [0.1, 0.15) is 31.8 Å². The van der Waals surface area contributed by atoms with E-state index >= 15 is 0 Å². The molecule has 0 bridgehead atoms. The number of allylic oxidation sites excluding steroid dienone is 4. The number of halogens is 4. The molecule has 17 heteroatoms. The molecule has 2 aliphatic rings. The first-order valence-electron chi connectivity index (χ1n) is 16.2. The Morgan fingerprint density at radius 1 is 0.536 bits per heavy atom. The lowest BCUT2D eigenvalue weighted by Gasteiger charge is -2.05. The first-order valence-corrected chi connectivity index (χ1v) is 17.8. The standard InChI is InChI=1S/C39H15F4N9O2S2/c1-50-26(48-30-28(14(10-44)11-45)16-4-20(40)22(42)6-18(16)36(30)53)8-24-32(50)34-38(55-24)39-35(52(34)3)33-25(56-39)9-27(51(33)2)49-31-29(15(12-46)13-47)17-5-21(41)23(43)7-19(17)37(31)54/h4-9H,1-3H3. The van der Waals surface area contributed by atoms with Gasteiger partial charge in [0.15, 0.2) is 23.3 Å². The van der Waals surface area contributed by atoms with Crippen LogP contribution in [0.25, 0.3) is 52.0 Å². The molecule has 5 heterocycles. The first-order chi connectivity index (χ1) is 26.8. The van der Waals surface area contributed by atoms with Crippen molar-refractivity contribution in [3.05, 3.63) is 93.1 Å². The molecular weight excluding hydrogens is 767 g/mol. The summed E-state index contributed by atoms with van der Waals surface area (Å²) in [5.41, 5.74) is 0.555. The molecule has 5 aromatic heterocycles. The lowest BCUT2D eigenvalue weighted by atomic mass is 10.0. The van der Waals surface area contributed by atoms with Crippen molar-refractivity contribution in [2.24, 2.45) is 31.1 Å². The Hall–Kier alpha value is -7.44. The number of hydrogen-bond donors (Lipinski definition) is 0. The Bertz CT molecular complexity index is 3170. The van der Waals surface area contributed by atoms with Crippen LogP contribution in [0.2, 0.25) is 0 Å². The van der Waals surface area contributed by atoms with E-state index in [1.807, 2.05) is 11.6 Å². The molecule has 0 saturated heterocycles. The highest BCUT2D eigenvalue weighted by atomic mass is 32.1. The Balaban J connectivity index is 1.20. The zero-order chi connectivity index (χ0) is 39.6. The minimum Gasteiger partial charge on any atom is -0.339 e. The molecule has 9 rings (SSSR count). The number of nitriles is 4. The van der Waals surface area contributed by atoms with E-state index in [0.29, 0.717) is 0 Å². The van der Waals surface area contributed by atoms with E-state index in [1.165, 1.54) is 22.7 Å². The maximum atomic E-state index is 14.3. The minimum absolute atomic E-state index is 0.102. The SMILES string of the molecule is Cn1c(N=C2C(=O)c3cc(F)c(F)cc3C2=C(C#N)C#N)cc2sc3c4sc5cc(N=C6C(=O)c7cc(F)c(F)cc7C6=C(C#N)C#N)n(C)c5c4n(C)c3c21. The molecule has 0 aliphatic heterocycles. The fraction of sp³-hybridized carbons (Fsp3) is 0.0769. The summed E-state index contributed by atoms with van der Waals surface area (Å²) in [6.07, 6.45) is 0. The largest absolute Gasteiger partial charge is 0.339 e. The topological polar surface area (TPSA) is 169 Å². The summed E-state index contributed by atoms with van der Waals surface area (Å²) in [5, 5.41) is 38.7. The van der Waals surface area contributed by atoms with E-state index in [2.05, 4.69) is 9.98 Å². The van der Waals surface area contributed by atoms with Crippen molar-refractivity contribution in [1.82, 2.24) is 13.7 Å². The fourth-order valence-electron chi connectivity index (χ4n) is 7.46. The second-order valence-electron chi connectivity index (χ2n) is 12.8. The van der Waals surface area contributed by atoms with Gasteiger partial charge in [-0.25, -0.2) is 27.5 Å². The van der Waals surface area contributed by atoms with Crippen LogP contribution in [0.4, 0.5) is 29.2 Å². The van der Waals surface area contributed by atoms with Gasteiger partial charge in [-0.2, -0.15) is 21.0 Å². The summed E-state index contributed by atoms with van der Waals surface area (Å²) < 4.78 is 65.9. The highest BCUT2D eigenvalue weighted by Gasteiger charge is 2.38. The molecule has 2 aromatic carbocycles. The Labute approximate surface area is 318 Å². The zero-order valence-corrected chi connectivity index (χ0v) is 30.3. The number of Topliss-reactive ketones (excluding diaryl/α,β-unsaturated/α-hetero) is 2. The second kappa shape index (κ2) is 11.8. The number of ketones is 2. The van der Waals surface area contributed by atoms with E-state index in [4.69, 9.17) is 0 Å². The molecule has 0 fully saturated rings. The summed E-state index contributed by atoms with van der Waals surface area (Å²) in [7, 11) is 5.31. The van der Waals surface area contributed by atoms with Crippen molar-refractivity contribution < 1.29 is 27.2 Å². The number of rotatable bonds is 2. The third kappa shape index (κ3) is 4.38. The number of aliphatic imine (C=N–C) groups is 2. The van der Waals surface area contributed by atoms with E-state index in [0.717, 1.165) is 65.1 Å². The molecule has 268 valence electrons. The number of nitrogens with zero attached hydrogens (tertiary/aromatic N) is 9. The van der Waals surface area contributed by atoms with Crippen molar-refractivity contribution in [3.8, 4) is 24.3 Å². The monoisotopic (exact) mass is 781 g/mol. The molecule has 0 saturated carbocycles. The third-order valence-electron chi connectivity index (χ3n) is 9.98. The molecule has 56 heavy (non-hydrogen) atoms. The quantitative estimate of drug-likeness (QED) is 0.126. The molecule has 7 aromatic rings. The van der Waals surface area contributed by atoms with E-state index < -0.39 is 46.0 Å². The van der Waals surface area contributed by atoms with Crippen molar-refractivity contribution in [2.45, 2.75) is 0 Å². The van der Waals surface area contributed by atoms with Gasteiger partial charge >= 0.3 is 0 Å². The number of thiophene rings is 2. The molecular formula is C39H15F4N9O2S2. The van der Waals surface area contributed by atoms with Crippen molar-refractivity contribution in [2.75, 3.05) is 0 Å². The highest BCUT2D eigenvalue weighted by molar-refractivity contribution is 7.33. The van der Waals surface area contributed by atoms with Gasteiger partial charge in [0.2, 0.25) is 11.6 Å². The third-order valence-corrected chi connectivity index (χ3v) is 12.4. The Morgan fingerprint density at radius 3 is 1.21 bits per heavy atom. The van der Waals surface area contributed by atoms with E-state index in [9.17, 15) is 48.2 Å². The summed E-state index contributed by atoms with van der Waals surface area (Å²) in [4.78, 5) is 36.1. The number of fused-ring (bicyclic) bond motifs is 9. The lowest BCUT2D eigenvalue weighted by molar-refractivity contribution is 0.106. The van der Waals surface area contributed by atoms with Crippen LogP contribution in [-0.4, -0.2) is 36.7 Å². The number of aromatic nitrogens is 3. The summed E-state index contributed by atoms with van der Waals surface area (Å²) >= 11 is 2.92. The average Bonchev–Trinajstić information content (AvgIpc) is 4.01. The van der Waals surface area contributed by atoms with Crippen LogP contribution in [0.5, 0.6) is 0 Å². The summed E-state index contributed by atoms with van der Waals surface area (Å²) in [5.74, 6) is -5.98. The molecule has 0 unspecified atom stereocenters. The number of benzene rings is 2. The van der Waals surface area contributed by atoms with Gasteiger partial charge in [-0.15, -0.1) is 22.7 Å². The maximum absolute atomic E-state index is 14.3. The van der Waals surface area contributed by atoms with Gasteiger partial charge in [0.25, 0.3) is 0 Å². The second-order valence-corrected chi connectivity index (χ2v) is 14.9. The zero-order valence-electron chi connectivity index (χ0n) is 28.6. The van der Waals surface area contributed by atoms with Crippen molar-refractivity contribution in [3.63, 3.8) is 0 Å². The van der Waals surface area contributed by atoms with Crippen LogP contribution >= 0.6 is 22.7 Å². The molecule has 2 aliphatic carbocycles. The van der Waals surface area contributed by atoms with Gasteiger partial charge in [-0.1, -0.05) is 0 Å². The molecule has 0 spiro atoms. The Morgan fingerprint density at radius 2 is 0.875 bits per heavy atom. The summed E-state index contributed by atoms with van der Waals surface area (Å²) in [6.45, 7) is 0. The molecule has 0 N–H and O–H groups in total. The van der Waals surface area contributed by atoms with E-state index in [-0.39, 0.29) is 56.5 Å². The van der Waals surface area contributed by atoms with Gasteiger partial charge in [-0.05, 0) is 24.3 Å². The van der Waals surface area contributed by atoms with Crippen LogP contribution in [0.15, 0.2) is 57.5 Å². The maximum Gasteiger partial charge on any atom is 0.212 e. The lowest BCUT2D eigenvalue weighted by Crippen LogP contribution is -2.08. The van der Waals surface area contributed by atoms with Crippen LogP contribution in [0, 0.1) is 68.6 Å². The first kappa shape index (κ1) is 34.3. The molecule has 0 atom stereocenters. The number of carbonyl (C=O) groups excluding carboxylic acids is 2. The normalized spacial score (nSPS) is 15.1. The summed E-state index contributed by atoms with van der Waals surface area (Å²) in [6, 6.07) is 13.4. The van der Waals surface area contributed by atoms with Gasteiger partial charge in [0.05, 0.1) is 40.9 Å². The van der Waals surface area contributed by atoms with Crippen LogP contribution < -0.4 is 0 Å². The number of hydrogen-bond acceptors (Lipinski definition) is 10. The predicted molar refractivity (Wildman–Crippen MR) is 201 cm³/mol. The fourth-order valence-corrected chi connectivity index (χ4v) is 10.2. The Kier molecular flexibility index (Phi) is 7.22. The van der Waals surface area contributed by atoms with Gasteiger partial charge in [0.1, 0.15) is 58.5 Å². The smallest absolute Gasteiger partial charge is 0.212 e. The van der Waals surface area contributed by atoms with Gasteiger partial charge < -0.3 is 13.7 Å². The highest BCUT2D eigenvalue weighted by Crippen LogP contribution is 2.49. The van der Waals surface area contributed by atoms with E-state index in [1.54, 1.807) is 59.6 Å². The minimum atomic E-state index is -1.26. The van der Waals surface area contributed by atoms with Gasteiger partial charge in [0, 0.05) is 66.7 Å². The molecule has 11 nitrogen and oxygen atoms in total.